The van der Waals surface area contributed by atoms with Gasteiger partial charge in [0.05, 0.1) is 12.9 Å². The van der Waals surface area contributed by atoms with Gasteiger partial charge in [-0.05, 0) is 56.5 Å². The van der Waals surface area contributed by atoms with E-state index in [1.165, 1.54) is 17.3 Å². The molecular weight excluding hydrogens is 408 g/mol. The van der Waals surface area contributed by atoms with Gasteiger partial charge < -0.3 is 15.0 Å². The van der Waals surface area contributed by atoms with Gasteiger partial charge in [0.25, 0.3) is 0 Å². The molecule has 1 aliphatic carbocycles. The summed E-state index contributed by atoms with van der Waals surface area (Å²) < 4.78 is 5.23. The number of hydrogen-bond acceptors (Lipinski definition) is 4. The van der Waals surface area contributed by atoms with E-state index in [1.807, 2.05) is 62.4 Å². The molecule has 0 heterocycles. The van der Waals surface area contributed by atoms with E-state index in [2.05, 4.69) is 5.32 Å². The van der Waals surface area contributed by atoms with Crippen molar-refractivity contribution in [2.45, 2.75) is 63.1 Å². The van der Waals surface area contributed by atoms with Crippen LogP contribution >= 0.6 is 11.8 Å². The number of ether oxygens (including phenoxy) is 1. The molecule has 1 saturated carbocycles. The summed E-state index contributed by atoms with van der Waals surface area (Å²) in [4.78, 5) is 28.8. The Kier molecular flexibility index (Phi) is 8.41. The summed E-state index contributed by atoms with van der Waals surface area (Å²) in [6.45, 7) is 4.25. The standard InChI is InChI=1S/C25H32N2O3S/c1-18-8-14-23(15-9-18)31-17-24(28)27(16-20-10-12-22(30-3)13-11-20)19(2)25(29)26-21-6-4-5-7-21/h8-15,19,21H,4-7,16-17H2,1-3H3,(H,26,29). The maximum absolute atomic E-state index is 13.2. The third kappa shape index (κ3) is 6.76. The third-order valence-electron chi connectivity index (χ3n) is 5.76. The van der Waals surface area contributed by atoms with E-state index in [1.54, 1.807) is 12.0 Å². The molecule has 3 rings (SSSR count). The predicted molar refractivity (Wildman–Crippen MR) is 125 cm³/mol. The number of carbonyl (C=O) groups excluding carboxylic acids is 2. The molecule has 6 heteroatoms. The van der Waals surface area contributed by atoms with E-state index in [0.29, 0.717) is 12.3 Å². The number of nitrogens with one attached hydrogen (secondary N) is 1. The van der Waals surface area contributed by atoms with Crippen LogP contribution < -0.4 is 10.1 Å². The van der Waals surface area contributed by atoms with Gasteiger partial charge in [-0.2, -0.15) is 0 Å². The zero-order valence-corrected chi connectivity index (χ0v) is 19.4. The average Bonchev–Trinajstić information content (AvgIpc) is 3.30. The number of methoxy groups -OCH3 is 1. The average molecular weight is 441 g/mol. The first-order chi connectivity index (χ1) is 15.0. The van der Waals surface area contributed by atoms with Crippen LogP contribution in [0.5, 0.6) is 5.75 Å². The van der Waals surface area contributed by atoms with E-state index < -0.39 is 6.04 Å². The molecule has 2 amide bonds. The Labute approximate surface area is 189 Å². The molecule has 0 bridgehead atoms. The predicted octanol–water partition coefficient (Wildman–Crippen LogP) is 4.57. The van der Waals surface area contributed by atoms with Gasteiger partial charge in [0.2, 0.25) is 11.8 Å². The molecule has 0 radical (unpaired) electrons. The highest BCUT2D eigenvalue weighted by Gasteiger charge is 2.28. The first kappa shape index (κ1) is 23.2. The molecule has 166 valence electrons. The third-order valence-corrected chi connectivity index (χ3v) is 6.76. The van der Waals surface area contributed by atoms with Crippen LogP contribution in [0.15, 0.2) is 53.4 Å². The Morgan fingerprint density at radius 3 is 2.35 bits per heavy atom. The van der Waals surface area contributed by atoms with Crippen molar-refractivity contribution in [1.82, 2.24) is 10.2 Å². The summed E-state index contributed by atoms with van der Waals surface area (Å²) in [6.07, 6.45) is 4.35. The molecule has 0 saturated heterocycles. The van der Waals surface area contributed by atoms with Crippen molar-refractivity contribution in [3.05, 3.63) is 59.7 Å². The molecule has 2 aromatic rings. The lowest BCUT2D eigenvalue weighted by Gasteiger charge is -2.29. The molecule has 5 nitrogen and oxygen atoms in total. The fraction of sp³-hybridized carbons (Fsp3) is 0.440. The molecule has 0 aliphatic heterocycles. The zero-order valence-electron chi connectivity index (χ0n) is 18.6. The molecule has 31 heavy (non-hydrogen) atoms. The second kappa shape index (κ2) is 11.2. The lowest BCUT2D eigenvalue weighted by atomic mass is 10.1. The summed E-state index contributed by atoms with van der Waals surface area (Å²) in [5.41, 5.74) is 2.16. The van der Waals surface area contributed by atoms with Crippen LogP contribution in [0.3, 0.4) is 0 Å². The topological polar surface area (TPSA) is 58.6 Å². The highest BCUT2D eigenvalue weighted by atomic mass is 32.2. The van der Waals surface area contributed by atoms with Crippen molar-refractivity contribution in [3.63, 3.8) is 0 Å². The Bertz CT molecular complexity index is 861. The molecule has 0 spiro atoms. The number of carbonyl (C=O) groups is 2. The molecule has 1 aliphatic rings. The Balaban J connectivity index is 1.70. The molecule has 2 aromatic carbocycles. The Hall–Kier alpha value is -2.47. The van der Waals surface area contributed by atoms with Crippen molar-refractivity contribution < 1.29 is 14.3 Å². The SMILES string of the molecule is COc1ccc(CN(C(=O)CSc2ccc(C)cc2)C(C)C(=O)NC2CCCC2)cc1. The number of amides is 2. The first-order valence-corrected chi connectivity index (χ1v) is 11.9. The fourth-order valence-corrected chi connectivity index (χ4v) is 4.55. The molecule has 1 N–H and O–H groups in total. The van der Waals surface area contributed by atoms with E-state index >= 15 is 0 Å². The molecule has 1 atom stereocenters. The molecular formula is C25H32N2O3S. The lowest BCUT2D eigenvalue weighted by Crippen LogP contribution is -2.50. The van der Waals surface area contributed by atoms with Crippen LogP contribution in [0.4, 0.5) is 0 Å². The summed E-state index contributed by atoms with van der Waals surface area (Å²) in [6, 6.07) is 15.5. The van der Waals surface area contributed by atoms with E-state index in [-0.39, 0.29) is 17.9 Å². The highest BCUT2D eigenvalue weighted by Crippen LogP contribution is 2.22. The van der Waals surface area contributed by atoms with Gasteiger partial charge in [0.1, 0.15) is 11.8 Å². The van der Waals surface area contributed by atoms with Gasteiger partial charge in [0, 0.05) is 17.5 Å². The van der Waals surface area contributed by atoms with Crippen LogP contribution in [0.2, 0.25) is 0 Å². The number of benzene rings is 2. The van der Waals surface area contributed by atoms with Crippen molar-refractivity contribution in [2.75, 3.05) is 12.9 Å². The summed E-state index contributed by atoms with van der Waals surface area (Å²) in [7, 11) is 1.63. The monoisotopic (exact) mass is 440 g/mol. The van der Waals surface area contributed by atoms with Gasteiger partial charge in [0.15, 0.2) is 0 Å². The number of hydrogen-bond donors (Lipinski definition) is 1. The Morgan fingerprint density at radius 1 is 1.10 bits per heavy atom. The fourth-order valence-electron chi connectivity index (χ4n) is 3.76. The van der Waals surface area contributed by atoms with Crippen molar-refractivity contribution in [1.29, 1.82) is 0 Å². The van der Waals surface area contributed by atoms with E-state index in [0.717, 1.165) is 41.9 Å². The van der Waals surface area contributed by atoms with Crippen LogP contribution in [0.1, 0.15) is 43.7 Å². The first-order valence-electron chi connectivity index (χ1n) is 10.9. The second-order valence-electron chi connectivity index (χ2n) is 8.14. The second-order valence-corrected chi connectivity index (χ2v) is 9.19. The number of rotatable bonds is 9. The molecule has 0 aromatic heterocycles. The van der Waals surface area contributed by atoms with Gasteiger partial charge >= 0.3 is 0 Å². The summed E-state index contributed by atoms with van der Waals surface area (Å²) in [5.74, 6) is 0.938. The number of thioether (sulfide) groups is 1. The number of aryl methyl sites for hydroxylation is 1. The maximum Gasteiger partial charge on any atom is 0.242 e. The van der Waals surface area contributed by atoms with E-state index in [9.17, 15) is 9.59 Å². The van der Waals surface area contributed by atoms with Gasteiger partial charge in [-0.1, -0.05) is 42.7 Å². The maximum atomic E-state index is 13.2. The lowest BCUT2D eigenvalue weighted by molar-refractivity contribution is -0.138. The van der Waals surface area contributed by atoms with Gasteiger partial charge in [-0.3, -0.25) is 9.59 Å². The normalized spacial score (nSPS) is 14.8. The minimum absolute atomic E-state index is 0.0459. The summed E-state index contributed by atoms with van der Waals surface area (Å²) >= 11 is 1.50. The quantitative estimate of drug-likeness (QED) is 0.580. The van der Waals surface area contributed by atoms with Gasteiger partial charge in [-0.15, -0.1) is 11.8 Å². The van der Waals surface area contributed by atoms with Gasteiger partial charge in [-0.25, -0.2) is 0 Å². The van der Waals surface area contributed by atoms with Crippen LogP contribution in [-0.4, -0.2) is 41.7 Å². The van der Waals surface area contributed by atoms with Crippen LogP contribution in [0.25, 0.3) is 0 Å². The minimum atomic E-state index is -0.534. The Morgan fingerprint density at radius 2 is 1.74 bits per heavy atom. The smallest absolute Gasteiger partial charge is 0.242 e. The summed E-state index contributed by atoms with van der Waals surface area (Å²) in [5, 5.41) is 3.14. The van der Waals surface area contributed by atoms with Crippen molar-refractivity contribution in [2.24, 2.45) is 0 Å². The van der Waals surface area contributed by atoms with Crippen LogP contribution in [0, 0.1) is 6.92 Å². The zero-order chi connectivity index (χ0) is 22.2. The van der Waals surface area contributed by atoms with Crippen LogP contribution in [-0.2, 0) is 16.1 Å². The number of nitrogens with zero attached hydrogens (tertiary/aromatic N) is 1. The highest BCUT2D eigenvalue weighted by molar-refractivity contribution is 8.00. The molecule has 1 unspecified atom stereocenters. The van der Waals surface area contributed by atoms with E-state index in [4.69, 9.17) is 4.74 Å². The van der Waals surface area contributed by atoms with Crippen molar-refractivity contribution >= 4 is 23.6 Å². The minimum Gasteiger partial charge on any atom is -0.497 e. The van der Waals surface area contributed by atoms with Crippen molar-refractivity contribution in [3.8, 4) is 5.75 Å². The largest absolute Gasteiger partial charge is 0.497 e. The molecule has 1 fully saturated rings.